The minimum atomic E-state index is -0.767. The van der Waals surface area contributed by atoms with Gasteiger partial charge in [0.25, 0.3) is 11.8 Å². The summed E-state index contributed by atoms with van der Waals surface area (Å²) in [6.45, 7) is 5.77. The van der Waals surface area contributed by atoms with E-state index in [1.807, 2.05) is 0 Å². The molecule has 2 aliphatic heterocycles. The van der Waals surface area contributed by atoms with E-state index in [1.165, 1.54) is 29.2 Å². The minimum absolute atomic E-state index is 0.0154. The Balaban J connectivity index is 1.32. The van der Waals surface area contributed by atoms with E-state index in [9.17, 15) is 18.8 Å². The first-order chi connectivity index (χ1) is 14.8. The van der Waals surface area contributed by atoms with Gasteiger partial charge < -0.3 is 10.6 Å². The lowest BCUT2D eigenvalue weighted by atomic mass is 9.67. The second-order valence-electron chi connectivity index (χ2n) is 9.28. The molecule has 1 saturated carbocycles. The first-order valence-corrected chi connectivity index (χ1v) is 11.2. The SMILES string of the molecule is CC1CCCC(C)C12NC(=O)N(CN1CCC(NC(=O)c3ccc(F)cc3)CC1)C2=O. The Kier molecular flexibility index (Phi) is 6.01. The molecule has 7 nitrogen and oxygen atoms in total. The third-order valence-electron chi connectivity index (χ3n) is 7.36. The number of nitrogens with zero attached hydrogens (tertiary/aromatic N) is 2. The summed E-state index contributed by atoms with van der Waals surface area (Å²) in [5.41, 5.74) is -0.333. The Morgan fingerprint density at radius 1 is 1.10 bits per heavy atom. The highest BCUT2D eigenvalue weighted by atomic mass is 19.1. The van der Waals surface area contributed by atoms with Gasteiger partial charge in [0.15, 0.2) is 0 Å². The smallest absolute Gasteiger partial charge is 0.326 e. The van der Waals surface area contributed by atoms with Gasteiger partial charge in [0.2, 0.25) is 0 Å². The molecular formula is C23H31FN4O3. The van der Waals surface area contributed by atoms with Gasteiger partial charge in [0.05, 0.1) is 6.67 Å². The van der Waals surface area contributed by atoms with Crippen molar-refractivity contribution in [1.82, 2.24) is 20.4 Å². The van der Waals surface area contributed by atoms with E-state index >= 15 is 0 Å². The molecule has 2 unspecified atom stereocenters. The van der Waals surface area contributed by atoms with Crippen molar-refractivity contribution in [2.24, 2.45) is 11.8 Å². The summed E-state index contributed by atoms with van der Waals surface area (Å²) in [7, 11) is 0. The van der Waals surface area contributed by atoms with Gasteiger partial charge in [-0.1, -0.05) is 20.3 Å². The number of likely N-dealkylation sites (tertiary alicyclic amines) is 1. The van der Waals surface area contributed by atoms with Crippen molar-refractivity contribution < 1.29 is 18.8 Å². The molecule has 0 radical (unpaired) electrons. The fourth-order valence-electron chi connectivity index (χ4n) is 5.37. The quantitative estimate of drug-likeness (QED) is 0.720. The van der Waals surface area contributed by atoms with Crippen LogP contribution in [0.2, 0.25) is 0 Å². The Morgan fingerprint density at radius 2 is 1.71 bits per heavy atom. The number of benzene rings is 1. The first kappa shape index (κ1) is 21.7. The zero-order valence-electron chi connectivity index (χ0n) is 18.2. The molecule has 1 aromatic rings. The van der Waals surface area contributed by atoms with Crippen LogP contribution in [-0.2, 0) is 4.79 Å². The molecule has 2 heterocycles. The van der Waals surface area contributed by atoms with Crippen LogP contribution in [0.25, 0.3) is 0 Å². The molecule has 2 atom stereocenters. The molecule has 31 heavy (non-hydrogen) atoms. The van der Waals surface area contributed by atoms with Gasteiger partial charge in [0.1, 0.15) is 11.4 Å². The van der Waals surface area contributed by atoms with Gasteiger partial charge in [-0.05, 0) is 61.8 Å². The molecule has 2 N–H and O–H groups in total. The summed E-state index contributed by atoms with van der Waals surface area (Å²) in [6.07, 6.45) is 4.44. The molecule has 168 valence electrons. The third kappa shape index (κ3) is 4.05. The van der Waals surface area contributed by atoms with Gasteiger partial charge in [0, 0.05) is 24.7 Å². The van der Waals surface area contributed by atoms with Crippen molar-refractivity contribution in [2.45, 2.75) is 57.5 Å². The van der Waals surface area contributed by atoms with Crippen LogP contribution in [0.3, 0.4) is 0 Å². The number of carbonyl (C=O) groups is 3. The maximum Gasteiger partial charge on any atom is 0.326 e. The van der Waals surface area contributed by atoms with Crippen molar-refractivity contribution in [3.05, 3.63) is 35.6 Å². The van der Waals surface area contributed by atoms with Gasteiger partial charge in [-0.25, -0.2) is 14.1 Å². The second-order valence-corrected chi connectivity index (χ2v) is 9.28. The summed E-state index contributed by atoms with van der Waals surface area (Å²) in [6, 6.07) is 5.22. The second kappa shape index (κ2) is 8.57. The molecule has 4 rings (SSSR count). The summed E-state index contributed by atoms with van der Waals surface area (Å²) in [5, 5.41) is 6.04. The molecule has 1 spiro atoms. The Hall–Kier alpha value is -2.48. The predicted octanol–water partition coefficient (Wildman–Crippen LogP) is 2.72. The van der Waals surface area contributed by atoms with Crippen molar-refractivity contribution in [3.63, 3.8) is 0 Å². The highest BCUT2D eigenvalue weighted by Gasteiger charge is 2.58. The Morgan fingerprint density at radius 3 is 2.32 bits per heavy atom. The van der Waals surface area contributed by atoms with Crippen LogP contribution in [-0.4, -0.2) is 59.0 Å². The minimum Gasteiger partial charge on any atom is -0.349 e. The van der Waals surface area contributed by atoms with Gasteiger partial charge in [-0.2, -0.15) is 0 Å². The maximum atomic E-state index is 13.3. The van der Waals surface area contributed by atoms with Crippen molar-refractivity contribution in [3.8, 4) is 0 Å². The lowest BCUT2D eigenvalue weighted by Crippen LogP contribution is -2.59. The van der Waals surface area contributed by atoms with Crippen LogP contribution >= 0.6 is 0 Å². The van der Waals surface area contributed by atoms with E-state index < -0.39 is 5.54 Å². The summed E-state index contributed by atoms with van der Waals surface area (Å²) < 4.78 is 13.0. The summed E-state index contributed by atoms with van der Waals surface area (Å²) in [4.78, 5) is 41.8. The fourth-order valence-corrected chi connectivity index (χ4v) is 5.37. The molecule has 1 aromatic carbocycles. The zero-order chi connectivity index (χ0) is 22.2. The molecule has 1 aliphatic carbocycles. The number of nitrogens with one attached hydrogen (secondary N) is 2. The summed E-state index contributed by atoms with van der Waals surface area (Å²) >= 11 is 0. The average Bonchev–Trinajstić information content (AvgIpc) is 2.99. The number of rotatable bonds is 4. The Bertz CT molecular complexity index is 841. The largest absolute Gasteiger partial charge is 0.349 e. The fraction of sp³-hybridized carbons (Fsp3) is 0.609. The van der Waals surface area contributed by atoms with E-state index in [0.717, 1.165) is 32.1 Å². The van der Waals surface area contributed by atoms with Crippen LogP contribution in [0, 0.1) is 17.7 Å². The van der Waals surface area contributed by atoms with Crippen LogP contribution < -0.4 is 10.6 Å². The maximum absolute atomic E-state index is 13.3. The van der Waals surface area contributed by atoms with Gasteiger partial charge in [-0.3, -0.25) is 14.5 Å². The van der Waals surface area contributed by atoms with Crippen LogP contribution in [0.4, 0.5) is 9.18 Å². The van der Waals surface area contributed by atoms with Crippen LogP contribution in [0.15, 0.2) is 24.3 Å². The lowest BCUT2D eigenvalue weighted by molar-refractivity contribution is -0.138. The zero-order valence-corrected chi connectivity index (χ0v) is 18.2. The lowest BCUT2D eigenvalue weighted by Gasteiger charge is -2.42. The molecule has 3 fully saturated rings. The molecule has 8 heteroatoms. The topological polar surface area (TPSA) is 81.8 Å². The van der Waals surface area contributed by atoms with Crippen LogP contribution in [0.5, 0.6) is 0 Å². The standard InChI is InChI=1S/C23H31FN4O3/c1-15-4-3-5-16(2)23(15)21(30)28(22(31)26-23)14-27-12-10-19(11-13-27)25-20(29)17-6-8-18(24)9-7-17/h6-9,15-16,19H,3-5,10-14H2,1-2H3,(H,25,29)(H,26,31). The number of carbonyl (C=O) groups excluding carboxylic acids is 3. The van der Waals surface area contributed by atoms with Crippen molar-refractivity contribution >= 4 is 17.8 Å². The average molecular weight is 431 g/mol. The van der Waals surface area contributed by atoms with E-state index in [4.69, 9.17) is 0 Å². The molecule has 4 amide bonds. The highest BCUT2D eigenvalue weighted by Crippen LogP contribution is 2.42. The number of halogens is 1. The van der Waals surface area contributed by atoms with Gasteiger partial charge >= 0.3 is 6.03 Å². The molecule has 2 saturated heterocycles. The first-order valence-electron chi connectivity index (χ1n) is 11.2. The molecular weight excluding hydrogens is 399 g/mol. The van der Waals surface area contributed by atoms with E-state index in [-0.39, 0.29) is 48.2 Å². The van der Waals surface area contributed by atoms with E-state index in [0.29, 0.717) is 18.7 Å². The van der Waals surface area contributed by atoms with Crippen molar-refractivity contribution in [2.75, 3.05) is 19.8 Å². The number of imide groups is 1. The van der Waals surface area contributed by atoms with E-state index in [2.05, 4.69) is 29.4 Å². The summed E-state index contributed by atoms with van der Waals surface area (Å²) in [5.74, 6) is -0.418. The number of amides is 4. The number of piperidine rings is 1. The molecule has 0 bridgehead atoms. The highest BCUT2D eigenvalue weighted by molar-refractivity contribution is 6.07. The number of hydrogen-bond donors (Lipinski definition) is 2. The normalized spacial score (nSPS) is 30.0. The molecule has 3 aliphatic rings. The molecule has 0 aromatic heterocycles. The van der Waals surface area contributed by atoms with E-state index in [1.54, 1.807) is 0 Å². The predicted molar refractivity (Wildman–Crippen MR) is 114 cm³/mol. The van der Waals surface area contributed by atoms with Crippen molar-refractivity contribution in [1.29, 1.82) is 0 Å². The van der Waals surface area contributed by atoms with Crippen LogP contribution in [0.1, 0.15) is 56.3 Å². The third-order valence-corrected chi connectivity index (χ3v) is 7.36. The Labute approximate surface area is 182 Å². The van der Waals surface area contributed by atoms with Gasteiger partial charge in [-0.15, -0.1) is 0 Å². The monoisotopic (exact) mass is 430 g/mol. The number of urea groups is 1. The number of hydrogen-bond acceptors (Lipinski definition) is 4.